The van der Waals surface area contributed by atoms with Crippen LogP contribution in [-0.2, 0) is 0 Å². The van der Waals surface area contributed by atoms with E-state index in [-0.39, 0.29) is 17.2 Å². The molecule has 0 bridgehead atoms. The number of hydrogen-bond acceptors (Lipinski definition) is 3. The lowest BCUT2D eigenvalue weighted by Crippen LogP contribution is -2.14. The molecule has 5 nitrogen and oxygen atoms in total. The molecule has 3 aromatic rings. The summed E-state index contributed by atoms with van der Waals surface area (Å²) >= 11 is 0. The van der Waals surface area contributed by atoms with E-state index in [1.54, 1.807) is 24.3 Å². The second-order valence-electron chi connectivity index (χ2n) is 3.96. The van der Waals surface area contributed by atoms with Crippen LogP contribution in [0, 0.1) is 0 Å². The van der Waals surface area contributed by atoms with Crippen molar-refractivity contribution in [3.8, 4) is 17.2 Å². The number of aromatic amines is 1. The van der Waals surface area contributed by atoms with Crippen molar-refractivity contribution in [1.82, 2.24) is 9.55 Å². The summed E-state index contributed by atoms with van der Waals surface area (Å²) in [5.74, 6) is 0.148. The molecule has 0 aliphatic heterocycles. The van der Waals surface area contributed by atoms with Gasteiger partial charge in [-0.15, -0.1) is 0 Å². The number of para-hydroxylation sites is 1. The lowest BCUT2D eigenvalue weighted by Gasteiger charge is -2.04. The Morgan fingerprint density at radius 3 is 2.44 bits per heavy atom. The summed E-state index contributed by atoms with van der Waals surface area (Å²) in [6.07, 6.45) is 0. The second kappa shape index (κ2) is 3.66. The van der Waals surface area contributed by atoms with Crippen LogP contribution in [0.1, 0.15) is 0 Å². The number of aromatic nitrogens is 2. The quantitative estimate of drug-likeness (QED) is 0.608. The van der Waals surface area contributed by atoms with Crippen molar-refractivity contribution in [3.05, 3.63) is 52.9 Å². The maximum atomic E-state index is 11.9. The van der Waals surface area contributed by atoms with Gasteiger partial charge in [-0.05, 0) is 36.4 Å². The monoisotopic (exact) mass is 242 g/mol. The van der Waals surface area contributed by atoms with Crippen LogP contribution in [-0.4, -0.2) is 19.8 Å². The van der Waals surface area contributed by atoms with Gasteiger partial charge < -0.3 is 15.2 Å². The minimum atomic E-state index is -0.336. The number of rotatable bonds is 1. The lowest BCUT2D eigenvalue weighted by atomic mass is 10.2. The molecule has 0 radical (unpaired) electrons. The first kappa shape index (κ1) is 10.5. The number of H-pyrrole nitrogens is 1. The number of nitrogens with one attached hydrogen (secondary N) is 1. The van der Waals surface area contributed by atoms with E-state index in [4.69, 9.17) is 0 Å². The molecule has 1 heterocycles. The molecule has 90 valence electrons. The molecular weight excluding hydrogens is 232 g/mol. The van der Waals surface area contributed by atoms with Crippen molar-refractivity contribution in [2.45, 2.75) is 0 Å². The van der Waals surface area contributed by atoms with E-state index >= 15 is 0 Å². The molecule has 0 saturated carbocycles. The summed E-state index contributed by atoms with van der Waals surface area (Å²) in [4.78, 5) is 14.6. The van der Waals surface area contributed by atoms with Gasteiger partial charge in [0.1, 0.15) is 17.0 Å². The van der Waals surface area contributed by atoms with Crippen molar-refractivity contribution in [1.29, 1.82) is 0 Å². The summed E-state index contributed by atoms with van der Waals surface area (Å²) in [5.41, 5.74) is 1.23. The van der Waals surface area contributed by atoms with Crippen LogP contribution in [0.15, 0.2) is 47.3 Å². The van der Waals surface area contributed by atoms with E-state index in [9.17, 15) is 15.0 Å². The van der Waals surface area contributed by atoms with E-state index in [1.807, 2.05) is 0 Å². The highest BCUT2D eigenvalue weighted by Gasteiger charge is 2.11. The SMILES string of the molecule is O=c1[nH]c2cccc(O)c2n1-c1ccc(O)cc1. The first-order chi connectivity index (χ1) is 8.66. The van der Waals surface area contributed by atoms with Gasteiger partial charge in [0, 0.05) is 0 Å². The topological polar surface area (TPSA) is 78.2 Å². The van der Waals surface area contributed by atoms with Crippen LogP contribution >= 0.6 is 0 Å². The highest BCUT2D eigenvalue weighted by molar-refractivity contribution is 5.83. The van der Waals surface area contributed by atoms with Gasteiger partial charge >= 0.3 is 5.69 Å². The zero-order valence-corrected chi connectivity index (χ0v) is 9.29. The Balaban J connectivity index is 2.38. The highest BCUT2D eigenvalue weighted by atomic mass is 16.3. The minimum absolute atomic E-state index is 0.0268. The fraction of sp³-hybridized carbons (Fsp3) is 0. The summed E-state index contributed by atoms with van der Waals surface area (Å²) in [6.45, 7) is 0. The summed E-state index contributed by atoms with van der Waals surface area (Å²) in [5, 5.41) is 19.1. The molecule has 0 spiro atoms. The summed E-state index contributed by atoms with van der Waals surface area (Å²) < 4.78 is 1.37. The Morgan fingerprint density at radius 2 is 1.72 bits per heavy atom. The molecule has 0 aliphatic rings. The molecule has 3 N–H and O–H groups in total. The third-order valence-corrected chi connectivity index (χ3v) is 2.79. The molecule has 0 unspecified atom stereocenters. The molecule has 2 aromatic carbocycles. The molecule has 0 saturated heterocycles. The van der Waals surface area contributed by atoms with Crippen LogP contribution in [0.25, 0.3) is 16.7 Å². The Hall–Kier alpha value is -2.69. The van der Waals surface area contributed by atoms with Gasteiger partial charge in [-0.3, -0.25) is 4.57 Å². The van der Waals surface area contributed by atoms with Crippen molar-refractivity contribution >= 4 is 11.0 Å². The fourth-order valence-corrected chi connectivity index (χ4v) is 1.99. The number of phenolic OH excluding ortho intramolecular Hbond substituents is 2. The average Bonchev–Trinajstić information content (AvgIpc) is 2.68. The second-order valence-corrected chi connectivity index (χ2v) is 3.96. The zero-order valence-electron chi connectivity index (χ0n) is 9.29. The number of imidazole rings is 1. The molecule has 1 aromatic heterocycles. The molecule has 5 heteroatoms. The van der Waals surface area contributed by atoms with E-state index in [2.05, 4.69) is 4.98 Å². The largest absolute Gasteiger partial charge is 0.508 e. The third-order valence-electron chi connectivity index (χ3n) is 2.79. The van der Waals surface area contributed by atoms with Gasteiger partial charge in [-0.1, -0.05) is 6.07 Å². The molecule has 0 aliphatic carbocycles. The standard InChI is InChI=1S/C13H10N2O3/c16-9-6-4-8(5-7-9)15-12-10(14-13(15)18)2-1-3-11(12)17/h1-7,16-17H,(H,14,18). The van der Waals surface area contributed by atoms with Crippen molar-refractivity contribution in [3.63, 3.8) is 0 Å². The van der Waals surface area contributed by atoms with Gasteiger partial charge in [0.05, 0.1) is 11.2 Å². The molecule has 0 atom stereocenters. The van der Waals surface area contributed by atoms with E-state index < -0.39 is 0 Å². The number of aromatic hydroxyl groups is 2. The Kier molecular flexibility index (Phi) is 2.13. The lowest BCUT2D eigenvalue weighted by molar-refractivity contribution is 0.475. The molecule has 18 heavy (non-hydrogen) atoms. The van der Waals surface area contributed by atoms with Crippen LogP contribution in [0.5, 0.6) is 11.5 Å². The first-order valence-electron chi connectivity index (χ1n) is 5.39. The fourth-order valence-electron chi connectivity index (χ4n) is 1.99. The van der Waals surface area contributed by atoms with Crippen LogP contribution < -0.4 is 5.69 Å². The van der Waals surface area contributed by atoms with E-state index in [0.29, 0.717) is 16.7 Å². The van der Waals surface area contributed by atoms with Crippen molar-refractivity contribution < 1.29 is 10.2 Å². The Bertz CT molecular complexity index is 769. The van der Waals surface area contributed by atoms with Crippen LogP contribution in [0.4, 0.5) is 0 Å². The zero-order chi connectivity index (χ0) is 12.7. The molecule has 3 rings (SSSR count). The third kappa shape index (κ3) is 1.45. The van der Waals surface area contributed by atoms with E-state index in [0.717, 1.165) is 0 Å². The van der Waals surface area contributed by atoms with Gasteiger partial charge in [0.2, 0.25) is 0 Å². The maximum absolute atomic E-state index is 11.9. The summed E-state index contributed by atoms with van der Waals surface area (Å²) in [6, 6.07) is 11.1. The number of phenols is 2. The van der Waals surface area contributed by atoms with Gasteiger partial charge in [0.15, 0.2) is 0 Å². The predicted octanol–water partition coefficient (Wildman–Crippen LogP) is 1.73. The van der Waals surface area contributed by atoms with Crippen LogP contribution in [0.2, 0.25) is 0 Å². The maximum Gasteiger partial charge on any atom is 0.331 e. The average molecular weight is 242 g/mol. The Morgan fingerprint density at radius 1 is 1.00 bits per heavy atom. The van der Waals surface area contributed by atoms with Gasteiger partial charge in [-0.25, -0.2) is 4.79 Å². The normalized spacial score (nSPS) is 10.9. The minimum Gasteiger partial charge on any atom is -0.508 e. The van der Waals surface area contributed by atoms with Crippen molar-refractivity contribution in [2.24, 2.45) is 0 Å². The highest BCUT2D eigenvalue weighted by Crippen LogP contribution is 2.24. The van der Waals surface area contributed by atoms with E-state index in [1.165, 1.54) is 22.8 Å². The van der Waals surface area contributed by atoms with Gasteiger partial charge in [-0.2, -0.15) is 0 Å². The van der Waals surface area contributed by atoms with Gasteiger partial charge in [0.25, 0.3) is 0 Å². The molecule has 0 amide bonds. The number of nitrogens with zero attached hydrogens (tertiary/aromatic N) is 1. The predicted molar refractivity (Wildman–Crippen MR) is 67.2 cm³/mol. The smallest absolute Gasteiger partial charge is 0.331 e. The molecular formula is C13H10N2O3. The number of hydrogen-bond donors (Lipinski definition) is 3. The Labute approximate surface area is 102 Å². The first-order valence-corrected chi connectivity index (χ1v) is 5.39. The molecule has 0 fully saturated rings. The number of fused-ring (bicyclic) bond motifs is 1. The van der Waals surface area contributed by atoms with Crippen LogP contribution in [0.3, 0.4) is 0 Å². The van der Waals surface area contributed by atoms with Crippen molar-refractivity contribution in [2.75, 3.05) is 0 Å². The number of benzene rings is 2. The summed E-state index contributed by atoms with van der Waals surface area (Å²) in [7, 11) is 0.